The molecule has 0 radical (unpaired) electrons. The molecule has 0 saturated heterocycles. The second kappa shape index (κ2) is 11.1. The molecule has 0 aromatic carbocycles. The molecule has 0 N–H and O–H groups in total. The molecule has 0 fully saturated rings. The summed E-state index contributed by atoms with van der Waals surface area (Å²) in [6, 6.07) is 0. The fourth-order valence-electron chi connectivity index (χ4n) is 0.204. The maximum Gasteiger partial charge on any atom is 0.313 e. The van der Waals surface area contributed by atoms with Gasteiger partial charge in [0.25, 0.3) is 0 Å². The number of carbonyl (C=O) groups excluding carboxylic acids is 1. The van der Waals surface area contributed by atoms with Gasteiger partial charge < -0.3 is 4.74 Å². The molecule has 0 atom stereocenters. The quantitative estimate of drug-likeness (QED) is 0.600. The number of halogens is 2. The molecule has 0 spiro atoms. The van der Waals surface area contributed by atoms with Crippen molar-refractivity contribution in [3.63, 3.8) is 0 Å². The summed E-state index contributed by atoms with van der Waals surface area (Å²) in [6.45, 7) is 5.67. The van der Waals surface area contributed by atoms with Gasteiger partial charge in [-0.3, -0.25) is 4.79 Å². The summed E-state index contributed by atoms with van der Waals surface area (Å²) in [5, 5.41) is 0. The molecule has 0 saturated carbocycles. The molecule has 0 heterocycles. The van der Waals surface area contributed by atoms with Crippen molar-refractivity contribution in [2.24, 2.45) is 0 Å². The highest BCUT2D eigenvalue weighted by molar-refractivity contribution is 6.93. The Morgan fingerprint density at radius 2 is 1.56 bits per heavy atom. The highest BCUT2D eigenvalue weighted by atomic mass is 35.5. The molecule has 0 aliphatic rings. The Bertz CT molecular complexity index is 60.0. The maximum absolute atomic E-state index is 8.98. The fraction of sp³-hybridized carbons (Fsp3) is 0.800. The average molecular weight is 173 g/mol. The van der Waals surface area contributed by atoms with E-state index in [1.807, 2.05) is 13.8 Å². The van der Waals surface area contributed by atoms with Gasteiger partial charge in [0.05, 0.1) is 0 Å². The Labute approximate surface area is 65.1 Å². The minimum atomic E-state index is -0.889. The second-order valence-corrected chi connectivity index (χ2v) is 1.89. The molecule has 0 aromatic rings. The minimum Gasteiger partial charge on any atom is -0.382 e. The van der Waals surface area contributed by atoms with Crippen LogP contribution in [0, 0.1) is 0 Å². The normalized spacial score (nSPS) is 7.56. The molecule has 0 bridgehead atoms. The fourth-order valence-corrected chi connectivity index (χ4v) is 0.204. The summed E-state index contributed by atoms with van der Waals surface area (Å²) in [5.41, 5.74) is 0. The van der Waals surface area contributed by atoms with Crippen LogP contribution >= 0.6 is 23.2 Å². The van der Waals surface area contributed by atoms with E-state index in [9.17, 15) is 0 Å². The average Bonchev–Trinajstić information content (AvgIpc) is 1.66. The Morgan fingerprint density at radius 3 is 1.56 bits per heavy atom. The van der Waals surface area contributed by atoms with Crippen LogP contribution in [0.5, 0.6) is 0 Å². The SMILES string of the molecule is CCOCC.O=C(Cl)Cl. The van der Waals surface area contributed by atoms with E-state index in [4.69, 9.17) is 9.53 Å². The van der Waals surface area contributed by atoms with Gasteiger partial charge in [-0.1, -0.05) is 0 Å². The predicted octanol–water partition coefficient (Wildman–Crippen LogP) is 2.63. The summed E-state index contributed by atoms with van der Waals surface area (Å²) in [7, 11) is 0. The first kappa shape index (κ1) is 11.9. The Hall–Kier alpha value is 0.210. The summed E-state index contributed by atoms with van der Waals surface area (Å²) >= 11 is 8.80. The largest absolute Gasteiger partial charge is 0.382 e. The molecule has 0 aromatic heterocycles. The van der Waals surface area contributed by atoms with Crippen LogP contribution in [0.2, 0.25) is 0 Å². The third-order valence-electron chi connectivity index (χ3n) is 0.408. The van der Waals surface area contributed by atoms with Crippen molar-refractivity contribution in [1.82, 2.24) is 0 Å². The van der Waals surface area contributed by atoms with Crippen molar-refractivity contribution < 1.29 is 9.53 Å². The summed E-state index contributed by atoms with van der Waals surface area (Å²) in [5.74, 6) is 0. The highest BCUT2D eigenvalue weighted by Crippen LogP contribution is 1.84. The zero-order valence-corrected chi connectivity index (χ0v) is 7.00. The minimum absolute atomic E-state index is 0.844. The van der Waals surface area contributed by atoms with Crippen molar-refractivity contribution >= 4 is 27.9 Å². The predicted molar refractivity (Wildman–Crippen MR) is 39.3 cm³/mol. The van der Waals surface area contributed by atoms with Gasteiger partial charge in [-0.05, 0) is 37.0 Å². The molecule has 9 heavy (non-hydrogen) atoms. The van der Waals surface area contributed by atoms with E-state index in [1.165, 1.54) is 0 Å². The zero-order chi connectivity index (χ0) is 7.70. The summed E-state index contributed by atoms with van der Waals surface area (Å²) in [4.78, 5) is 8.98. The van der Waals surface area contributed by atoms with E-state index >= 15 is 0 Å². The van der Waals surface area contributed by atoms with Gasteiger partial charge in [0.15, 0.2) is 0 Å². The lowest BCUT2D eigenvalue weighted by atomic mass is 10.8. The standard InChI is InChI=1S/C4H10O.CCl2O/c1-3-5-4-2;2-1(3)4/h3-4H2,1-2H3;. The van der Waals surface area contributed by atoms with Crippen LogP contribution < -0.4 is 0 Å². The molecule has 0 rings (SSSR count). The van der Waals surface area contributed by atoms with Crippen LogP contribution in [-0.4, -0.2) is 17.9 Å². The van der Waals surface area contributed by atoms with Crippen molar-refractivity contribution in [2.75, 3.05) is 13.2 Å². The Balaban J connectivity index is 0. The Morgan fingerprint density at radius 1 is 1.33 bits per heavy atom. The van der Waals surface area contributed by atoms with E-state index in [1.54, 1.807) is 0 Å². The molecule has 0 aliphatic carbocycles. The first-order chi connectivity index (χ1) is 4.15. The summed E-state index contributed by atoms with van der Waals surface area (Å²) < 4.78 is 3.94. The maximum atomic E-state index is 8.98. The second-order valence-electron chi connectivity index (χ2n) is 1.01. The van der Waals surface area contributed by atoms with Crippen LogP contribution in [-0.2, 0) is 4.74 Å². The van der Waals surface area contributed by atoms with Gasteiger partial charge in [-0.2, -0.15) is 0 Å². The van der Waals surface area contributed by atoms with Gasteiger partial charge >= 0.3 is 4.70 Å². The monoisotopic (exact) mass is 172 g/mol. The lowest BCUT2D eigenvalue weighted by Gasteiger charge is -1.86. The van der Waals surface area contributed by atoms with E-state index in [-0.39, 0.29) is 0 Å². The van der Waals surface area contributed by atoms with Crippen LogP contribution in [0.25, 0.3) is 0 Å². The van der Waals surface area contributed by atoms with Crippen molar-refractivity contribution in [3.05, 3.63) is 0 Å². The zero-order valence-electron chi connectivity index (χ0n) is 5.49. The van der Waals surface area contributed by atoms with Crippen LogP contribution in [0.15, 0.2) is 0 Å². The Kier molecular flexibility index (Phi) is 14.7. The number of carbonyl (C=O) groups is 1. The first-order valence-corrected chi connectivity index (χ1v) is 3.33. The lowest BCUT2D eigenvalue weighted by Crippen LogP contribution is -1.84. The number of hydrogen-bond donors (Lipinski definition) is 0. The third kappa shape index (κ3) is 64.8. The van der Waals surface area contributed by atoms with E-state index in [0.29, 0.717) is 0 Å². The van der Waals surface area contributed by atoms with Crippen LogP contribution in [0.1, 0.15) is 13.8 Å². The molecular formula is C5H10Cl2O2. The number of ether oxygens (including phenoxy) is 1. The van der Waals surface area contributed by atoms with Crippen molar-refractivity contribution in [3.8, 4) is 0 Å². The smallest absolute Gasteiger partial charge is 0.313 e. The molecule has 56 valence electrons. The van der Waals surface area contributed by atoms with Crippen molar-refractivity contribution in [1.29, 1.82) is 0 Å². The third-order valence-corrected chi connectivity index (χ3v) is 0.408. The van der Waals surface area contributed by atoms with Gasteiger partial charge in [0.2, 0.25) is 0 Å². The van der Waals surface area contributed by atoms with Gasteiger partial charge in [-0.25, -0.2) is 0 Å². The first-order valence-electron chi connectivity index (χ1n) is 2.57. The number of rotatable bonds is 2. The molecular weight excluding hydrogens is 163 g/mol. The van der Waals surface area contributed by atoms with Gasteiger partial charge in [-0.15, -0.1) is 0 Å². The van der Waals surface area contributed by atoms with Crippen LogP contribution in [0.4, 0.5) is 4.79 Å². The molecule has 2 nitrogen and oxygen atoms in total. The lowest BCUT2D eigenvalue weighted by molar-refractivity contribution is 0.162. The molecule has 4 heteroatoms. The highest BCUT2D eigenvalue weighted by Gasteiger charge is 1.72. The van der Waals surface area contributed by atoms with Gasteiger partial charge in [0.1, 0.15) is 0 Å². The molecule has 0 aliphatic heterocycles. The van der Waals surface area contributed by atoms with E-state index in [0.717, 1.165) is 13.2 Å². The van der Waals surface area contributed by atoms with Gasteiger partial charge in [0, 0.05) is 13.2 Å². The van der Waals surface area contributed by atoms with E-state index in [2.05, 4.69) is 23.2 Å². The van der Waals surface area contributed by atoms with E-state index < -0.39 is 4.70 Å². The molecule has 0 unspecified atom stereocenters. The number of hydrogen-bond acceptors (Lipinski definition) is 2. The summed E-state index contributed by atoms with van der Waals surface area (Å²) in [6.07, 6.45) is 0. The van der Waals surface area contributed by atoms with Crippen LogP contribution in [0.3, 0.4) is 0 Å². The molecule has 0 amide bonds. The van der Waals surface area contributed by atoms with Crippen molar-refractivity contribution in [2.45, 2.75) is 13.8 Å². The topological polar surface area (TPSA) is 26.3 Å².